The van der Waals surface area contributed by atoms with Gasteiger partial charge in [-0.05, 0) is 12.5 Å². The Kier molecular flexibility index (Phi) is 2.88. The van der Waals surface area contributed by atoms with Gasteiger partial charge in [-0.25, -0.2) is 18.7 Å². The number of rotatable bonds is 2. The van der Waals surface area contributed by atoms with E-state index in [0.717, 1.165) is 18.1 Å². The number of halogens is 2. The minimum Gasteiger partial charge on any atom is -0.241 e. The number of hydrogen-bond donors (Lipinski definition) is 0. The first-order valence-electron chi connectivity index (χ1n) is 5.24. The van der Waals surface area contributed by atoms with E-state index in [1.54, 1.807) is 31.5 Å². The molecule has 17 heavy (non-hydrogen) atoms. The number of alkyl halides is 2. The van der Waals surface area contributed by atoms with Gasteiger partial charge in [0.25, 0.3) is 5.92 Å². The molecule has 2 nitrogen and oxygen atoms in total. The first-order chi connectivity index (χ1) is 7.97. The molecular formula is C13H12F2N2. The van der Waals surface area contributed by atoms with Gasteiger partial charge in [0.15, 0.2) is 0 Å². The fourth-order valence-electron chi connectivity index (χ4n) is 1.50. The molecular weight excluding hydrogens is 222 g/mol. The molecule has 1 aromatic carbocycles. The summed E-state index contributed by atoms with van der Waals surface area (Å²) in [6.07, 6.45) is 3.36. The molecule has 0 radical (unpaired) electrons. The summed E-state index contributed by atoms with van der Waals surface area (Å²) in [6, 6.07) is 6.16. The van der Waals surface area contributed by atoms with Crippen LogP contribution in [0, 0.1) is 6.92 Å². The zero-order chi connectivity index (χ0) is 12.5. The van der Waals surface area contributed by atoms with Crippen LogP contribution in [0.3, 0.4) is 0 Å². The van der Waals surface area contributed by atoms with Gasteiger partial charge in [-0.1, -0.05) is 24.3 Å². The molecule has 2 aromatic rings. The van der Waals surface area contributed by atoms with Crippen LogP contribution in [-0.2, 0) is 5.92 Å². The van der Waals surface area contributed by atoms with Gasteiger partial charge in [-0.15, -0.1) is 0 Å². The van der Waals surface area contributed by atoms with E-state index in [-0.39, 0.29) is 5.56 Å². The summed E-state index contributed by atoms with van der Waals surface area (Å²) in [5.41, 5.74) is 1.66. The van der Waals surface area contributed by atoms with Gasteiger partial charge in [0, 0.05) is 30.4 Å². The van der Waals surface area contributed by atoms with E-state index in [9.17, 15) is 8.78 Å². The normalized spacial score (nSPS) is 11.5. The predicted molar refractivity (Wildman–Crippen MR) is 61.8 cm³/mol. The maximum atomic E-state index is 13.0. The number of benzene rings is 1. The molecule has 0 atom stereocenters. The molecule has 0 saturated heterocycles. The Morgan fingerprint density at radius 2 is 1.47 bits per heavy atom. The van der Waals surface area contributed by atoms with Crippen molar-refractivity contribution in [1.82, 2.24) is 9.97 Å². The van der Waals surface area contributed by atoms with Gasteiger partial charge < -0.3 is 0 Å². The third-order valence-corrected chi connectivity index (χ3v) is 2.51. The molecule has 1 heterocycles. The fraction of sp³-hybridized carbons (Fsp3) is 0.231. The third kappa shape index (κ3) is 2.64. The van der Waals surface area contributed by atoms with E-state index < -0.39 is 5.92 Å². The van der Waals surface area contributed by atoms with Gasteiger partial charge >= 0.3 is 0 Å². The zero-order valence-corrected chi connectivity index (χ0v) is 9.61. The average Bonchev–Trinajstić information content (AvgIpc) is 2.29. The van der Waals surface area contributed by atoms with Crippen molar-refractivity contribution in [3.8, 4) is 11.1 Å². The maximum Gasteiger partial charge on any atom is 0.270 e. The quantitative estimate of drug-likeness (QED) is 0.793. The molecule has 1 aromatic heterocycles. The number of hydrogen-bond acceptors (Lipinski definition) is 2. The standard InChI is InChI=1S/C13H12F2N2/c1-9-16-7-11(8-17-9)10-3-5-12(6-4-10)13(2,14)15/h3-8H,1-2H3. The minimum absolute atomic E-state index is 0.00859. The van der Waals surface area contributed by atoms with Crippen LogP contribution in [0.2, 0.25) is 0 Å². The van der Waals surface area contributed by atoms with Crippen LogP contribution in [-0.4, -0.2) is 9.97 Å². The molecule has 0 bridgehead atoms. The largest absolute Gasteiger partial charge is 0.270 e. The third-order valence-electron chi connectivity index (χ3n) is 2.51. The second-order valence-corrected chi connectivity index (χ2v) is 3.98. The first-order valence-corrected chi connectivity index (χ1v) is 5.24. The molecule has 2 rings (SSSR count). The van der Waals surface area contributed by atoms with Crippen molar-refractivity contribution in [3.63, 3.8) is 0 Å². The van der Waals surface area contributed by atoms with E-state index >= 15 is 0 Å². The smallest absolute Gasteiger partial charge is 0.241 e. The summed E-state index contributed by atoms with van der Waals surface area (Å²) in [7, 11) is 0. The monoisotopic (exact) mass is 234 g/mol. The summed E-state index contributed by atoms with van der Waals surface area (Å²) < 4.78 is 26.0. The highest BCUT2D eigenvalue weighted by Gasteiger charge is 2.23. The van der Waals surface area contributed by atoms with Crippen molar-refractivity contribution in [3.05, 3.63) is 48.0 Å². The Labute approximate surface area is 98.4 Å². The van der Waals surface area contributed by atoms with Crippen molar-refractivity contribution in [1.29, 1.82) is 0 Å². The minimum atomic E-state index is -2.80. The Balaban J connectivity index is 2.33. The van der Waals surface area contributed by atoms with E-state index in [2.05, 4.69) is 9.97 Å². The first kappa shape index (κ1) is 11.6. The molecule has 0 amide bonds. The van der Waals surface area contributed by atoms with Gasteiger partial charge in [0.1, 0.15) is 5.82 Å². The Hall–Kier alpha value is -1.84. The Morgan fingerprint density at radius 3 is 1.94 bits per heavy atom. The molecule has 0 spiro atoms. The van der Waals surface area contributed by atoms with Crippen molar-refractivity contribution >= 4 is 0 Å². The Morgan fingerprint density at radius 1 is 0.941 bits per heavy atom. The van der Waals surface area contributed by atoms with Gasteiger partial charge in [0.2, 0.25) is 0 Å². The molecule has 0 fully saturated rings. The van der Waals surface area contributed by atoms with Crippen LogP contribution < -0.4 is 0 Å². The van der Waals surface area contributed by atoms with E-state index in [1.807, 2.05) is 0 Å². The highest BCUT2D eigenvalue weighted by atomic mass is 19.3. The van der Waals surface area contributed by atoms with Crippen LogP contribution in [0.15, 0.2) is 36.7 Å². The fourth-order valence-corrected chi connectivity index (χ4v) is 1.50. The van der Waals surface area contributed by atoms with Gasteiger partial charge in [-0.3, -0.25) is 0 Å². The SMILES string of the molecule is Cc1ncc(-c2ccc(C(C)(F)F)cc2)cn1. The lowest BCUT2D eigenvalue weighted by Crippen LogP contribution is -2.06. The summed E-state index contributed by atoms with van der Waals surface area (Å²) in [4.78, 5) is 8.13. The second kappa shape index (κ2) is 4.20. The lowest BCUT2D eigenvalue weighted by Gasteiger charge is -2.10. The van der Waals surface area contributed by atoms with Crippen LogP contribution in [0.5, 0.6) is 0 Å². The van der Waals surface area contributed by atoms with Crippen molar-refractivity contribution < 1.29 is 8.78 Å². The number of aromatic nitrogens is 2. The lowest BCUT2D eigenvalue weighted by molar-refractivity contribution is 0.0175. The molecule has 88 valence electrons. The van der Waals surface area contributed by atoms with Crippen LogP contribution in [0.25, 0.3) is 11.1 Å². The summed E-state index contributed by atoms with van der Waals surface area (Å²) >= 11 is 0. The highest BCUT2D eigenvalue weighted by Crippen LogP contribution is 2.28. The summed E-state index contributed by atoms with van der Waals surface area (Å²) in [6.45, 7) is 2.68. The van der Waals surface area contributed by atoms with Crippen molar-refractivity contribution in [2.45, 2.75) is 19.8 Å². The van der Waals surface area contributed by atoms with Crippen LogP contribution >= 0.6 is 0 Å². The van der Waals surface area contributed by atoms with E-state index in [1.165, 1.54) is 12.1 Å². The van der Waals surface area contributed by atoms with Crippen LogP contribution in [0.4, 0.5) is 8.78 Å². The lowest BCUT2D eigenvalue weighted by atomic mass is 10.0. The van der Waals surface area contributed by atoms with Crippen molar-refractivity contribution in [2.24, 2.45) is 0 Å². The molecule has 0 saturated carbocycles. The molecule has 0 aliphatic carbocycles. The van der Waals surface area contributed by atoms with E-state index in [4.69, 9.17) is 0 Å². The summed E-state index contributed by atoms with van der Waals surface area (Å²) in [5.74, 6) is -2.12. The second-order valence-electron chi connectivity index (χ2n) is 3.98. The molecule has 0 unspecified atom stereocenters. The molecule has 0 N–H and O–H groups in total. The zero-order valence-electron chi connectivity index (χ0n) is 9.61. The van der Waals surface area contributed by atoms with Gasteiger partial charge in [-0.2, -0.15) is 0 Å². The van der Waals surface area contributed by atoms with E-state index in [0.29, 0.717) is 5.82 Å². The Bertz CT molecular complexity index is 498. The molecule has 0 aliphatic rings. The topological polar surface area (TPSA) is 25.8 Å². The molecule has 0 aliphatic heterocycles. The van der Waals surface area contributed by atoms with Crippen LogP contribution in [0.1, 0.15) is 18.3 Å². The maximum absolute atomic E-state index is 13.0. The number of nitrogens with zero attached hydrogens (tertiary/aromatic N) is 2. The highest BCUT2D eigenvalue weighted by molar-refractivity contribution is 5.61. The van der Waals surface area contributed by atoms with Gasteiger partial charge in [0.05, 0.1) is 0 Å². The molecule has 4 heteroatoms. The predicted octanol–water partition coefficient (Wildman–Crippen LogP) is 3.56. The average molecular weight is 234 g/mol. The summed E-state index contributed by atoms with van der Waals surface area (Å²) in [5, 5.41) is 0. The van der Waals surface area contributed by atoms with Crippen molar-refractivity contribution in [2.75, 3.05) is 0 Å². The number of aryl methyl sites for hydroxylation is 1.